The zero-order valence-electron chi connectivity index (χ0n) is 9.01. The van der Waals surface area contributed by atoms with Gasteiger partial charge in [0, 0.05) is 25.8 Å². The van der Waals surface area contributed by atoms with Gasteiger partial charge in [-0.2, -0.15) is 0 Å². The molecule has 2 heteroatoms. The summed E-state index contributed by atoms with van der Waals surface area (Å²) >= 11 is 0. The fourth-order valence-corrected chi connectivity index (χ4v) is 1.59. The van der Waals surface area contributed by atoms with Gasteiger partial charge < -0.3 is 5.01 Å². The summed E-state index contributed by atoms with van der Waals surface area (Å²) in [7, 11) is 2.11. The van der Waals surface area contributed by atoms with Crippen LogP contribution in [0.3, 0.4) is 0 Å². The highest BCUT2D eigenvalue weighted by atomic mass is 15.6. The molecule has 0 amide bonds. The maximum absolute atomic E-state index is 4.05. The summed E-state index contributed by atoms with van der Waals surface area (Å²) in [4.78, 5) is 0. The molecule has 1 heterocycles. The topological polar surface area (TPSA) is 6.48 Å². The lowest BCUT2D eigenvalue weighted by atomic mass is 10.1. The van der Waals surface area contributed by atoms with Crippen molar-refractivity contribution in [3.8, 4) is 0 Å². The van der Waals surface area contributed by atoms with Crippen LogP contribution in [0.5, 0.6) is 0 Å². The first-order chi connectivity index (χ1) is 6.02. The Kier molecular flexibility index (Phi) is 3.15. The van der Waals surface area contributed by atoms with Gasteiger partial charge in [0.1, 0.15) is 0 Å². The first-order valence-corrected chi connectivity index (χ1v) is 4.85. The highest BCUT2D eigenvalue weighted by molar-refractivity contribution is 5.21. The SMILES string of the molecule is C=C(C)C(=C)N1C[C@H](C)CCN1C. The molecule has 0 N–H and O–H groups in total. The van der Waals surface area contributed by atoms with Gasteiger partial charge in [0.2, 0.25) is 0 Å². The van der Waals surface area contributed by atoms with E-state index in [0.717, 1.165) is 30.3 Å². The molecule has 1 fully saturated rings. The van der Waals surface area contributed by atoms with E-state index >= 15 is 0 Å². The van der Waals surface area contributed by atoms with E-state index in [9.17, 15) is 0 Å². The van der Waals surface area contributed by atoms with Gasteiger partial charge in [0.25, 0.3) is 0 Å². The smallest absolute Gasteiger partial charge is 0.0473 e. The van der Waals surface area contributed by atoms with Crippen molar-refractivity contribution in [2.45, 2.75) is 20.3 Å². The second-order valence-corrected chi connectivity index (χ2v) is 4.08. The Morgan fingerprint density at radius 1 is 1.38 bits per heavy atom. The van der Waals surface area contributed by atoms with Crippen molar-refractivity contribution in [2.75, 3.05) is 20.1 Å². The third-order valence-electron chi connectivity index (χ3n) is 2.65. The maximum Gasteiger partial charge on any atom is 0.0473 e. The number of allylic oxidation sites excluding steroid dienone is 1. The lowest BCUT2D eigenvalue weighted by Gasteiger charge is -2.41. The normalized spacial score (nSPS) is 24.5. The Morgan fingerprint density at radius 3 is 2.54 bits per heavy atom. The number of hydrogen-bond acceptors (Lipinski definition) is 2. The summed E-state index contributed by atoms with van der Waals surface area (Å²) in [5, 5.41) is 4.47. The van der Waals surface area contributed by atoms with Crippen molar-refractivity contribution in [1.29, 1.82) is 0 Å². The summed E-state index contributed by atoms with van der Waals surface area (Å²) in [5.74, 6) is 0.757. The van der Waals surface area contributed by atoms with Gasteiger partial charge in [-0.25, -0.2) is 5.01 Å². The molecule has 0 bridgehead atoms. The minimum absolute atomic E-state index is 0.757. The third-order valence-corrected chi connectivity index (χ3v) is 2.65. The summed E-state index contributed by atoms with van der Waals surface area (Å²) in [6.45, 7) is 14.5. The highest BCUT2D eigenvalue weighted by Crippen LogP contribution is 2.21. The number of nitrogens with zero attached hydrogens (tertiary/aromatic N) is 2. The van der Waals surface area contributed by atoms with Crippen molar-refractivity contribution in [3.05, 3.63) is 24.4 Å². The third kappa shape index (κ3) is 2.34. The van der Waals surface area contributed by atoms with Crippen molar-refractivity contribution in [3.63, 3.8) is 0 Å². The van der Waals surface area contributed by atoms with Crippen LogP contribution in [0.1, 0.15) is 20.3 Å². The molecule has 0 aliphatic carbocycles. The highest BCUT2D eigenvalue weighted by Gasteiger charge is 2.21. The lowest BCUT2D eigenvalue weighted by molar-refractivity contribution is -0.0113. The first kappa shape index (κ1) is 10.3. The standard InChI is InChI=1S/C11H20N2/c1-9(2)11(4)13-8-10(3)6-7-12(13)5/h10H,1,4,6-8H2,2-3,5H3/t10-/m1/s1. The van der Waals surface area contributed by atoms with Crippen molar-refractivity contribution < 1.29 is 0 Å². The largest absolute Gasteiger partial charge is 0.306 e. The van der Waals surface area contributed by atoms with Crippen molar-refractivity contribution >= 4 is 0 Å². The van der Waals surface area contributed by atoms with Gasteiger partial charge in [0.05, 0.1) is 0 Å². The van der Waals surface area contributed by atoms with E-state index < -0.39 is 0 Å². The van der Waals surface area contributed by atoms with E-state index in [1.54, 1.807) is 0 Å². The Hall–Kier alpha value is -0.760. The van der Waals surface area contributed by atoms with Gasteiger partial charge in [0.15, 0.2) is 0 Å². The molecule has 74 valence electrons. The molecule has 0 unspecified atom stereocenters. The monoisotopic (exact) mass is 180 g/mol. The van der Waals surface area contributed by atoms with Crippen LogP contribution in [0.4, 0.5) is 0 Å². The van der Waals surface area contributed by atoms with Crippen LogP contribution in [0.25, 0.3) is 0 Å². The molecule has 2 nitrogen and oxygen atoms in total. The molecule has 0 spiro atoms. The number of hydrazine groups is 1. The molecule has 1 aliphatic rings. The summed E-state index contributed by atoms with van der Waals surface area (Å²) in [6, 6.07) is 0. The van der Waals surface area contributed by atoms with E-state index in [-0.39, 0.29) is 0 Å². The summed E-state index contributed by atoms with van der Waals surface area (Å²) in [5.41, 5.74) is 2.11. The molecule has 0 aromatic heterocycles. The first-order valence-electron chi connectivity index (χ1n) is 4.85. The molecule has 1 aliphatic heterocycles. The van der Waals surface area contributed by atoms with Crippen LogP contribution in [0, 0.1) is 5.92 Å². The predicted octanol–water partition coefficient (Wildman–Crippen LogP) is 2.26. The molecule has 1 saturated heterocycles. The van der Waals surface area contributed by atoms with Crippen LogP contribution < -0.4 is 0 Å². The van der Waals surface area contributed by atoms with Gasteiger partial charge in [-0.1, -0.05) is 20.1 Å². The molecular weight excluding hydrogens is 160 g/mol. The Morgan fingerprint density at radius 2 is 2.00 bits per heavy atom. The molecule has 1 atom stereocenters. The van der Waals surface area contributed by atoms with Gasteiger partial charge in [-0.15, -0.1) is 0 Å². The van der Waals surface area contributed by atoms with E-state index in [2.05, 4.69) is 37.1 Å². The number of rotatable bonds is 2. The molecule has 13 heavy (non-hydrogen) atoms. The fourth-order valence-electron chi connectivity index (χ4n) is 1.59. The van der Waals surface area contributed by atoms with Crippen molar-refractivity contribution in [2.24, 2.45) is 5.92 Å². The Balaban J connectivity index is 2.65. The van der Waals surface area contributed by atoms with Crippen molar-refractivity contribution in [1.82, 2.24) is 10.0 Å². The van der Waals surface area contributed by atoms with E-state index in [1.165, 1.54) is 6.42 Å². The minimum Gasteiger partial charge on any atom is -0.306 e. The van der Waals surface area contributed by atoms with Crippen LogP contribution in [-0.4, -0.2) is 30.2 Å². The second-order valence-electron chi connectivity index (χ2n) is 4.08. The van der Waals surface area contributed by atoms with Crippen LogP contribution in [-0.2, 0) is 0 Å². The average Bonchev–Trinajstić information content (AvgIpc) is 2.08. The van der Waals surface area contributed by atoms with Crippen LogP contribution in [0.15, 0.2) is 24.4 Å². The fraction of sp³-hybridized carbons (Fsp3) is 0.636. The second kappa shape index (κ2) is 3.97. The van der Waals surface area contributed by atoms with Gasteiger partial charge >= 0.3 is 0 Å². The molecule has 0 aromatic rings. The molecule has 0 saturated carbocycles. The molecule has 0 radical (unpaired) electrons. The van der Waals surface area contributed by atoms with Gasteiger partial charge in [-0.05, 0) is 24.8 Å². The van der Waals surface area contributed by atoms with E-state index in [1.807, 2.05) is 6.92 Å². The van der Waals surface area contributed by atoms with Gasteiger partial charge in [-0.3, -0.25) is 0 Å². The van der Waals surface area contributed by atoms with E-state index in [0.29, 0.717) is 0 Å². The lowest BCUT2D eigenvalue weighted by Crippen LogP contribution is -2.46. The summed E-state index contributed by atoms with van der Waals surface area (Å²) < 4.78 is 0. The quantitative estimate of drug-likeness (QED) is 0.601. The average molecular weight is 180 g/mol. The molecule has 1 rings (SSSR count). The predicted molar refractivity (Wildman–Crippen MR) is 57.1 cm³/mol. The zero-order chi connectivity index (χ0) is 10.0. The zero-order valence-corrected chi connectivity index (χ0v) is 9.01. The Bertz CT molecular complexity index is 220. The minimum atomic E-state index is 0.757. The molecular formula is C11H20N2. The van der Waals surface area contributed by atoms with Crippen LogP contribution >= 0.6 is 0 Å². The molecule has 0 aromatic carbocycles. The number of hydrogen-bond donors (Lipinski definition) is 0. The maximum atomic E-state index is 4.05. The van der Waals surface area contributed by atoms with E-state index in [4.69, 9.17) is 0 Å². The summed E-state index contributed by atoms with van der Waals surface area (Å²) in [6.07, 6.45) is 1.27. The Labute approximate surface area is 81.5 Å². The van der Waals surface area contributed by atoms with Crippen LogP contribution in [0.2, 0.25) is 0 Å².